The van der Waals surface area contributed by atoms with Gasteiger partial charge in [0.2, 0.25) is 0 Å². The number of ether oxygens (including phenoxy) is 1. The summed E-state index contributed by atoms with van der Waals surface area (Å²) in [6.07, 6.45) is 0. The topological polar surface area (TPSA) is 96.5 Å². The number of methoxy groups -OCH3 is 1. The van der Waals surface area contributed by atoms with E-state index in [1.165, 1.54) is 25.3 Å². The minimum Gasteiger partial charge on any atom is -0.497 e. The Morgan fingerprint density at radius 2 is 1.39 bits per heavy atom. The molecular weight excluding hydrogens is 378 g/mol. The van der Waals surface area contributed by atoms with E-state index in [2.05, 4.69) is 15.4 Å². The Hall–Kier alpha value is -3.52. The number of hydrogen-bond acceptors (Lipinski definition) is 4. The number of amides is 2. The van der Waals surface area contributed by atoms with Gasteiger partial charge in [-0.3, -0.25) is 4.72 Å². The molecule has 0 unspecified atom stereocenters. The first-order chi connectivity index (χ1) is 13.5. The molecule has 0 aromatic heterocycles. The van der Waals surface area contributed by atoms with Crippen LogP contribution in [0.2, 0.25) is 0 Å². The Labute approximate surface area is 163 Å². The van der Waals surface area contributed by atoms with Crippen molar-refractivity contribution in [1.29, 1.82) is 0 Å². The first-order valence-corrected chi connectivity index (χ1v) is 9.84. The zero-order valence-electron chi connectivity index (χ0n) is 15.0. The van der Waals surface area contributed by atoms with E-state index in [0.29, 0.717) is 22.8 Å². The molecule has 0 aliphatic heterocycles. The molecule has 0 radical (unpaired) electrons. The molecule has 0 atom stereocenters. The highest BCUT2D eigenvalue weighted by Crippen LogP contribution is 2.21. The largest absolute Gasteiger partial charge is 0.497 e. The fraction of sp³-hybridized carbons (Fsp3) is 0.0500. The molecule has 28 heavy (non-hydrogen) atoms. The van der Waals surface area contributed by atoms with Gasteiger partial charge in [0, 0.05) is 11.4 Å². The number of urea groups is 1. The van der Waals surface area contributed by atoms with Crippen molar-refractivity contribution in [2.24, 2.45) is 0 Å². The van der Waals surface area contributed by atoms with Gasteiger partial charge < -0.3 is 15.4 Å². The zero-order valence-corrected chi connectivity index (χ0v) is 15.9. The van der Waals surface area contributed by atoms with Gasteiger partial charge in [-0.25, -0.2) is 13.2 Å². The Morgan fingerprint density at radius 1 is 0.786 bits per heavy atom. The fourth-order valence-electron chi connectivity index (χ4n) is 2.44. The molecule has 3 aromatic rings. The molecule has 0 aliphatic rings. The summed E-state index contributed by atoms with van der Waals surface area (Å²) in [5.41, 5.74) is 1.42. The van der Waals surface area contributed by atoms with Crippen molar-refractivity contribution >= 4 is 33.1 Å². The van der Waals surface area contributed by atoms with Crippen molar-refractivity contribution < 1.29 is 17.9 Å². The van der Waals surface area contributed by atoms with Gasteiger partial charge in [-0.2, -0.15) is 0 Å². The molecule has 0 heterocycles. The van der Waals surface area contributed by atoms with E-state index in [0.717, 1.165) is 0 Å². The van der Waals surface area contributed by atoms with Crippen molar-refractivity contribution in [1.82, 2.24) is 0 Å². The third-order valence-corrected chi connectivity index (χ3v) is 5.17. The number of benzene rings is 3. The molecule has 3 aromatic carbocycles. The van der Waals surface area contributed by atoms with Gasteiger partial charge in [-0.1, -0.05) is 24.3 Å². The number of carbonyl (C=O) groups excluding carboxylic acids is 1. The van der Waals surface area contributed by atoms with E-state index in [1.807, 2.05) is 18.2 Å². The summed E-state index contributed by atoms with van der Waals surface area (Å²) >= 11 is 0. The zero-order chi connectivity index (χ0) is 20.0. The van der Waals surface area contributed by atoms with Crippen LogP contribution in [-0.4, -0.2) is 21.6 Å². The third-order valence-electron chi connectivity index (χ3n) is 3.77. The maximum absolute atomic E-state index is 12.5. The molecule has 3 N–H and O–H groups in total. The lowest BCUT2D eigenvalue weighted by Gasteiger charge is -2.11. The van der Waals surface area contributed by atoms with Crippen molar-refractivity contribution in [2.75, 3.05) is 22.5 Å². The minimum absolute atomic E-state index is 0.105. The van der Waals surface area contributed by atoms with Crippen LogP contribution in [0.25, 0.3) is 0 Å². The second kappa shape index (κ2) is 8.45. The molecule has 0 spiro atoms. The molecule has 0 aliphatic carbocycles. The van der Waals surface area contributed by atoms with Gasteiger partial charge in [0.15, 0.2) is 0 Å². The molecule has 2 amide bonds. The number of carbonyl (C=O) groups is 1. The van der Waals surface area contributed by atoms with Crippen LogP contribution in [0.15, 0.2) is 83.8 Å². The van der Waals surface area contributed by atoms with E-state index in [9.17, 15) is 13.2 Å². The van der Waals surface area contributed by atoms with Crippen LogP contribution >= 0.6 is 0 Å². The van der Waals surface area contributed by atoms with Gasteiger partial charge in [0.25, 0.3) is 10.0 Å². The van der Waals surface area contributed by atoms with Crippen LogP contribution < -0.4 is 20.1 Å². The van der Waals surface area contributed by atoms with Gasteiger partial charge in [-0.15, -0.1) is 0 Å². The summed E-state index contributed by atoms with van der Waals surface area (Å²) in [5.74, 6) is 0.564. The molecule has 0 saturated carbocycles. The number of hydrogen-bond donors (Lipinski definition) is 3. The molecule has 3 rings (SSSR count). The van der Waals surface area contributed by atoms with Crippen LogP contribution in [0.4, 0.5) is 21.9 Å². The highest BCUT2D eigenvalue weighted by molar-refractivity contribution is 7.92. The molecule has 0 fully saturated rings. The van der Waals surface area contributed by atoms with Crippen molar-refractivity contribution in [3.63, 3.8) is 0 Å². The van der Waals surface area contributed by atoms with E-state index >= 15 is 0 Å². The number of anilines is 3. The number of para-hydroxylation sites is 1. The van der Waals surface area contributed by atoms with Crippen LogP contribution in [0, 0.1) is 0 Å². The van der Waals surface area contributed by atoms with E-state index in [1.54, 1.807) is 42.5 Å². The van der Waals surface area contributed by atoms with Crippen LogP contribution in [0.1, 0.15) is 0 Å². The molecule has 144 valence electrons. The lowest BCUT2D eigenvalue weighted by Crippen LogP contribution is -2.19. The highest BCUT2D eigenvalue weighted by Gasteiger charge is 2.14. The van der Waals surface area contributed by atoms with Gasteiger partial charge in [0.1, 0.15) is 5.75 Å². The van der Waals surface area contributed by atoms with Crippen LogP contribution in [-0.2, 0) is 10.0 Å². The van der Waals surface area contributed by atoms with Gasteiger partial charge in [0.05, 0.1) is 17.7 Å². The predicted molar refractivity (Wildman–Crippen MR) is 109 cm³/mol. The average molecular weight is 397 g/mol. The summed E-state index contributed by atoms with van der Waals surface area (Å²) in [4.78, 5) is 12.2. The predicted octanol–water partition coefficient (Wildman–Crippen LogP) is 4.14. The standard InChI is InChI=1S/C20H19N3O4S/c1-27-18-10-12-19(13-11-18)28(25,26)23-17-9-5-8-16(14-17)22-20(24)21-15-6-3-2-4-7-15/h2-14,23H,1H3,(H2,21,22,24). The monoisotopic (exact) mass is 397 g/mol. The summed E-state index contributed by atoms with van der Waals surface area (Å²) in [6, 6.07) is 21.1. The third kappa shape index (κ3) is 5.01. The van der Waals surface area contributed by atoms with E-state index in [-0.39, 0.29) is 4.90 Å². The second-order valence-corrected chi connectivity index (χ2v) is 7.49. The Bertz CT molecular complexity index is 1050. The summed E-state index contributed by atoms with van der Waals surface area (Å²) in [7, 11) is -2.26. The second-order valence-electron chi connectivity index (χ2n) is 5.81. The van der Waals surface area contributed by atoms with E-state index in [4.69, 9.17) is 4.74 Å². The van der Waals surface area contributed by atoms with Crippen molar-refractivity contribution in [3.05, 3.63) is 78.9 Å². The molecule has 7 nitrogen and oxygen atoms in total. The number of sulfonamides is 1. The lowest BCUT2D eigenvalue weighted by molar-refractivity contribution is 0.262. The van der Waals surface area contributed by atoms with Gasteiger partial charge >= 0.3 is 6.03 Å². The first kappa shape index (κ1) is 19.2. The van der Waals surface area contributed by atoms with Crippen LogP contribution in [0.3, 0.4) is 0 Å². The first-order valence-electron chi connectivity index (χ1n) is 8.36. The van der Waals surface area contributed by atoms with Gasteiger partial charge in [-0.05, 0) is 54.6 Å². The molecular formula is C20H19N3O4S. The Morgan fingerprint density at radius 3 is 2.07 bits per heavy atom. The smallest absolute Gasteiger partial charge is 0.323 e. The Balaban J connectivity index is 1.69. The van der Waals surface area contributed by atoms with E-state index < -0.39 is 16.1 Å². The molecule has 0 saturated heterocycles. The Kier molecular flexibility index (Phi) is 5.81. The lowest BCUT2D eigenvalue weighted by atomic mass is 10.3. The van der Waals surface area contributed by atoms with Crippen molar-refractivity contribution in [2.45, 2.75) is 4.90 Å². The SMILES string of the molecule is COc1ccc(S(=O)(=O)Nc2cccc(NC(=O)Nc3ccccc3)c2)cc1. The number of rotatable bonds is 6. The fourth-order valence-corrected chi connectivity index (χ4v) is 3.49. The summed E-state index contributed by atoms with van der Waals surface area (Å²) in [6.45, 7) is 0. The maximum Gasteiger partial charge on any atom is 0.323 e. The number of nitrogens with one attached hydrogen (secondary N) is 3. The van der Waals surface area contributed by atoms with Crippen molar-refractivity contribution in [3.8, 4) is 5.75 Å². The molecule has 8 heteroatoms. The normalized spacial score (nSPS) is 10.8. The maximum atomic E-state index is 12.5. The summed E-state index contributed by atoms with van der Waals surface area (Å²) in [5, 5.41) is 5.36. The van der Waals surface area contributed by atoms with Crippen LogP contribution in [0.5, 0.6) is 5.75 Å². The molecule has 0 bridgehead atoms. The quantitative estimate of drug-likeness (QED) is 0.582. The minimum atomic E-state index is -3.77. The highest BCUT2D eigenvalue weighted by atomic mass is 32.2. The summed E-state index contributed by atoms with van der Waals surface area (Å²) < 4.78 is 32.6. The average Bonchev–Trinajstić information content (AvgIpc) is 2.68.